The normalized spacial score (nSPS) is 20.5. The molecule has 1 fully saturated rings. The van der Waals surface area contributed by atoms with Crippen LogP contribution in [0.25, 0.3) is 0 Å². The van der Waals surface area contributed by atoms with Crippen LogP contribution in [0, 0.1) is 5.92 Å². The monoisotopic (exact) mass is 349 g/mol. The van der Waals surface area contributed by atoms with Crippen LogP contribution < -0.4 is 10.6 Å². The van der Waals surface area contributed by atoms with E-state index in [9.17, 15) is 0 Å². The summed E-state index contributed by atoms with van der Waals surface area (Å²) in [7, 11) is 0. The fraction of sp³-hybridized carbons (Fsp3) is 0.833. The molecule has 25 heavy (non-hydrogen) atoms. The van der Waals surface area contributed by atoms with E-state index in [1.165, 1.54) is 25.9 Å². The van der Waals surface area contributed by atoms with E-state index < -0.39 is 0 Å². The lowest BCUT2D eigenvalue weighted by atomic mass is 9.99. The maximum Gasteiger partial charge on any atom is 0.191 e. The van der Waals surface area contributed by atoms with Gasteiger partial charge < -0.3 is 15.2 Å². The molecular formula is C18H35N7. The molecule has 0 aromatic carbocycles. The Bertz CT molecular complexity index is 525. The largest absolute Gasteiger partial charge is 0.357 e. The maximum atomic E-state index is 4.79. The molecule has 1 aliphatic rings. The molecular weight excluding hydrogens is 314 g/mol. The van der Waals surface area contributed by atoms with Crippen LogP contribution in [0.3, 0.4) is 0 Å². The van der Waals surface area contributed by atoms with Crippen LogP contribution in [0.2, 0.25) is 0 Å². The molecule has 0 saturated carbocycles. The summed E-state index contributed by atoms with van der Waals surface area (Å²) in [5, 5.41) is 14.9. The van der Waals surface area contributed by atoms with Crippen molar-refractivity contribution in [3.63, 3.8) is 0 Å². The Morgan fingerprint density at radius 1 is 1.40 bits per heavy atom. The topological polar surface area (TPSA) is 70.4 Å². The van der Waals surface area contributed by atoms with Crippen LogP contribution >= 0.6 is 0 Å². The number of likely N-dealkylation sites (tertiary alicyclic amines) is 1. The first kappa shape index (κ1) is 19.7. The van der Waals surface area contributed by atoms with Crippen molar-refractivity contribution in [2.45, 2.75) is 59.5 Å². The summed E-state index contributed by atoms with van der Waals surface area (Å²) in [6.45, 7) is 14.6. The zero-order valence-electron chi connectivity index (χ0n) is 16.3. The zero-order valence-corrected chi connectivity index (χ0v) is 16.3. The highest BCUT2D eigenvalue weighted by molar-refractivity contribution is 5.79. The number of aromatic nitrogens is 3. The van der Waals surface area contributed by atoms with Gasteiger partial charge in [0.15, 0.2) is 5.96 Å². The van der Waals surface area contributed by atoms with E-state index in [0.29, 0.717) is 6.04 Å². The number of piperidine rings is 1. The Kier molecular flexibility index (Phi) is 8.18. The summed E-state index contributed by atoms with van der Waals surface area (Å²) >= 11 is 0. The molecule has 0 aliphatic carbocycles. The van der Waals surface area contributed by atoms with E-state index in [2.05, 4.69) is 58.0 Å². The first-order valence-corrected chi connectivity index (χ1v) is 9.76. The summed E-state index contributed by atoms with van der Waals surface area (Å²) in [5.41, 5.74) is 0. The van der Waals surface area contributed by atoms with Crippen LogP contribution in [-0.4, -0.2) is 64.4 Å². The third-order valence-corrected chi connectivity index (χ3v) is 4.83. The number of hydrogen-bond donors (Lipinski definition) is 2. The number of hydrogen-bond acceptors (Lipinski definition) is 4. The predicted octanol–water partition coefficient (Wildman–Crippen LogP) is 1.52. The third kappa shape index (κ3) is 6.30. The molecule has 2 atom stereocenters. The van der Waals surface area contributed by atoms with E-state index in [0.717, 1.165) is 50.3 Å². The summed E-state index contributed by atoms with van der Waals surface area (Å²) in [4.78, 5) is 7.36. The van der Waals surface area contributed by atoms with Crippen molar-refractivity contribution in [3.05, 3.63) is 12.2 Å². The number of aryl methyl sites for hydroxylation is 1. The van der Waals surface area contributed by atoms with Crippen molar-refractivity contribution in [1.29, 1.82) is 0 Å². The van der Waals surface area contributed by atoms with Crippen LogP contribution in [0.1, 0.15) is 46.4 Å². The van der Waals surface area contributed by atoms with Gasteiger partial charge in [0.05, 0.1) is 6.54 Å². The Morgan fingerprint density at radius 3 is 2.96 bits per heavy atom. The average molecular weight is 350 g/mol. The summed E-state index contributed by atoms with van der Waals surface area (Å²) in [6, 6.07) is 0.489. The van der Waals surface area contributed by atoms with Gasteiger partial charge in [-0.3, -0.25) is 9.89 Å². The second-order valence-corrected chi connectivity index (χ2v) is 7.03. The van der Waals surface area contributed by atoms with E-state index in [1.807, 2.05) is 0 Å². The van der Waals surface area contributed by atoms with Crippen molar-refractivity contribution >= 4 is 5.96 Å². The van der Waals surface area contributed by atoms with E-state index in [4.69, 9.17) is 4.99 Å². The molecule has 0 bridgehead atoms. The average Bonchev–Trinajstić information content (AvgIpc) is 3.07. The number of guanidine groups is 1. The fourth-order valence-corrected chi connectivity index (χ4v) is 3.34. The van der Waals surface area contributed by atoms with Gasteiger partial charge in [0.1, 0.15) is 12.2 Å². The number of nitrogens with one attached hydrogen (secondary N) is 2. The number of nitrogens with zero attached hydrogens (tertiary/aromatic N) is 5. The van der Waals surface area contributed by atoms with Gasteiger partial charge in [0.25, 0.3) is 0 Å². The summed E-state index contributed by atoms with van der Waals surface area (Å²) in [6.07, 6.45) is 5.37. The van der Waals surface area contributed by atoms with Gasteiger partial charge in [-0.25, -0.2) is 0 Å². The molecule has 2 heterocycles. The van der Waals surface area contributed by atoms with Crippen LogP contribution in [-0.2, 0) is 13.0 Å². The van der Waals surface area contributed by atoms with Gasteiger partial charge in [-0.2, -0.15) is 0 Å². The zero-order chi connectivity index (χ0) is 18.1. The lowest BCUT2D eigenvalue weighted by molar-refractivity contribution is 0.142. The highest BCUT2D eigenvalue weighted by Crippen LogP contribution is 2.17. The Hall–Kier alpha value is -1.63. The Balaban J connectivity index is 1.81. The van der Waals surface area contributed by atoms with Crippen molar-refractivity contribution in [1.82, 2.24) is 30.3 Å². The van der Waals surface area contributed by atoms with Gasteiger partial charge in [-0.1, -0.05) is 13.8 Å². The van der Waals surface area contributed by atoms with Crippen LogP contribution in [0.15, 0.2) is 11.3 Å². The molecule has 2 unspecified atom stereocenters. The molecule has 1 saturated heterocycles. The second kappa shape index (κ2) is 10.4. The van der Waals surface area contributed by atoms with E-state index in [1.54, 1.807) is 6.33 Å². The smallest absolute Gasteiger partial charge is 0.191 e. The molecule has 142 valence electrons. The van der Waals surface area contributed by atoms with Crippen molar-refractivity contribution in [3.8, 4) is 0 Å². The van der Waals surface area contributed by atoms with Gasteiger partial charge in [-0.15, -0.1) is 10.2 Å². The molecule has 7 nitrogen and oxygen atoms in total. The quantitative estimate of drug-likeness (QED) is 0.550. The Morgan fingerprint density at radius 2 is 2.24 bits per heavy atom. The summed E-state index contributed by atoms with van der Waals surface area (Å²) in [5.74, 6) is 2.73. The lowest BCUT2D eigenvalue weighted by Gasteiger charge is -2.35. The van der Waals surface area contributed by atoms with Gasteiger partial charge in [0, 0.05) is 38.6 Å². The molecule has 0 amide bonds. The van der Waals surface area contributed by atoms with E-state index in [-0.39, 0.29) is 0 Å². The minimum absolute atomic E-state index is 0.489. The third-order valence-electron chi connectivity index (χ3n) is 4.83. The highest BCUT2D eigenvalue weighted by Gasteiger charge is 2.20. The van der Waals surface area contributed by atoms with Gasteiger partial charge in [0.2, 0.25) is 0 Å². The minimum atomic E-state index is 0.489. The molecule has 1 aromatic rings. The fourth-order valence-electron chi connectivity index (χ4n) is 3.34. The Labute approximate surface area is 152 Å². The summed E-state index contributed by atoms with van der Waals surface area (Å²) < 4.78 is 2.09. The number of rotatable bonds is 8. The number of aliphatic imine (C=N–C) groups is 1. The predicted molar refractivity (Wildman–Crippen MR) is 103 cm³/mol. The molecule has 1 aliphatic heterocycles. The molecule has 0 spiro atoms. The van der Waals surface area contributed by atoms with Crippen molar-refractivity contribution in [2.75, 3.05) is 32.7 Å². The first-order valence-electron chi connectivity index (χ1n) is 9.76. The first-order chi connectivity index (χ1) is 12.1. The van der Waals surface area contributed by atoms with Gasteiger partial charge in [-0.05, 0) is 39.2 Å². The standard InChI is InChI=1S/C18H35N7/c1-5-17-23-22-14-25(17)11-9-20-18(19-6-2)21-12-16(4)24-10-7-8-15(3)13-24/h14-16H,5-13H2,1-4H3,(H2,19,20,21). The highest BCUT2D eigenvalue weighted by atomic mass is 15.3. The SMILES string of the molecule is CCNC(=NCC(C)N1CCCC(C)C1)NCCn1cnnc1CC. The molecule has 0 radical (unpaired) electrons. The van der Waals surface area contributed by atoms with Gasteiger partial charge >= 0.3 is 0 Å². The molecule has 1 aromatic heterocycles. The minimum Gasteiger partial charge on any atom is -0.357 e. The lowest BCUT2D eigenvalue weighted by Crippen LogP contribution is -2.43. The van der Waals surface area contributed by atoms with E-state index >= 15 is 0 Å². The molecule has 2 N–H and O–H groups in total. The second-order valence-electron chi connectivity index (χ2n) is 7.03. The van der Waals surface area contributed by atoms with Crippen molar-refractivity contribution < 1.29 is 0 Å². The molecule has 7 heteroatoms. The van der Waals surface area contributed by atoms with Crippen LogP contribution in [0.5, 0.6) is 0 Å². The maximum absolute atomic E-state index is 4.79. The molecule has 2 rings (SSSR count). The van der Waals surface area contributed by atoms with Crippen LogP contribution in [0.4, 0.5) is 0 Å². The van der Waals surface area contributed by atoms with Crippen molar-refractivity contribution in [2.24, 2.45) is 10.9 Å².